The number of hydrogen-bond donors (Lipinski definition) is 0. The second kappa shape index (κ2) is 8.75. The number of methoxy groups -OCH3 is 1. The molecule has 0 aliphatic heterocycles. The average Bonchev–Trinajstić information content (AvgIpc) is 3.17. The zero-order chi connectivity index (χ0) is 20.1. The summed E-state index contributed by atoms with van der Waals surface area (Å²) < 4.78 is 16.1. The van der Waals surface area contributed by atoms with Gasteiger partial charge in [-0.3, -0.25) is 4.79 Å². The molecule has 0 bridgehead atoms. The number of nitrogens with zero attached hydrogens (tertiary/aromatic N) is 3. The Morgan fingerprint density at radius 3 is 2.68 bits per heavy atom. The molecule has 0 radical (unpaired) electrons. The highest BCUT2D eigenvalue weighted by Crippen LogP contribution is 2.22. The van der Waals surface area contributed by atoms with E-state index in [1.807, 2.05) is 24.3 Å². The molecule has 2 aromatic carbocycles. The molecule has 0 fully saturated rings. The lowest BCUT2D eigenvalue weighted by Gasteiger charge is -2.20. The van der Waals surface area contributed by atoms with E-state index in [2.05, 4.69) is 10.1 Å². The zero-order valence-electron chi connectivity index (χ0n) is 15.8. The van der Waals surface area contributed by atoms with Gasteiger partial charge in [-0.1, -0.05) is 28.9 Å². The summed E-state index contributed by atoms with van der Waals surface area (Å²) in [6.45, 7) is 1.85. The molecule has 1 atom stereocenters. The van der Waals surface area contributed by atoms with Crippen LogP contribution in [-0.4, -0.2) is 41.2 Å². The van der Waals surface area contributed by atoms with Crippen molar-refractivity contribution < 1.29 is 18.8 Å². The molecule has 8 heteroatoms. The molecule has 0 saturated heterocycles. The van der Waals surface area contributed by atoms with Gasteiger partial charge in [0.05, 0.1) is 13.7 Å². The lowest BCUT2D eigenvalue weighted by Crippen LogP contribution is -2.37. The number of benzene rings is 2. The lowest BCUT2D eigenvalue weighted by atomic mass is 10.2. The van der Waals surface area contributed by atoms with Gasteiger partial charge in [-0.05, 0) is 43.3 Å². The first kappa shape index (κ1) is 19.7. The minimum atomic E-state index is -0.674. The third-order valence-electron chi connectivity index (χ3n) is 4.02. The van der Waals surface area contributed by atoms with E-state index in [0.717, 1.165) is 5.56 Å². The van der Waals surface area contributed by atoms with Gasteiger partial charge < -0.3 is 18.9 Å². The van der Waals surface area contributed by atoms with E-state index in [0.29, 0.717) is 28.2 Å². The molecule has 0 spiro atoms. The molecule has 3 aromatic rings. The summed E-state index contributed by atoms with van der Waals surface area (Å²) in [5, 5.41) is 4.58. The Labute approximate surface area is 167 Å². The van der Waals surface area contributed by atoms with Crippen molar-refractivity contribution in [2.45, 2.75) is 19.6 Å². The fourth-order valence-corrected chi connectivity index (χ4v) is 2.68. The van der Waals surface area contributed by atoms with Crippen molar-refractivity contribution in [2.24, 2.45) is 0 Å². The molecule has 1 amide bonds. The van der Waals surface area contributed by atoms with Crippen molar-refractivity contribution in [3.8, 4) is 22.9 Å². The van der Waals surface area contributed by atoms with Gasteiger partial charge in [0, 0.05) is 17.6 Å². The van der Waals surface area contributed by atoms with Gasteiger partial charge in [-0.15, -0.1) is 0 Å². The lowest BCUT2D eigenvalue weighted by molar-refractivity contribution is -0.137. The van der Waals surface area contributed by atoms with Crippen molar-refractivity contribution in [2.75, 3.05) is 14.2 Å². The molecule has 146 valence electrons. The third kappa shape index (κ3) is 4.80. The van der Waals surface area contributed by atoms with Crippen LogP contribution in [0, 0.1) is 0 Å². The number of halogens is 1. The van der Waals surface area contributed by atoms with Crippen molar-refractivity contribution in [1.29, 1.82) is 0 Å². The number of hydrogen-bond acceptors (Lipinski definition) is 6. The maximum absolute atomic E-state index is 12.5. The topological polar surface area (TPSA) is 77.7 Å². The molecule has 28 heavy (non-hydrogen) atoms. The summed E-state index contributed by atoms with van der Waals surface area (Å²) >= 11 is 5.85. The Hall–Kier alpha value is -3.06. The Bertz CT molecular complexity index is 943. The van der Waals surface area contributed by atoms with E-state index in [1.54, 1.807) is 45.3 Å². The predicted molar refractivity (Wildman–Crippen MR) is 104 cm³/mol. The normalized spacial score (nSPS) is 11.7. The first-order valence-corrected chi connectivity index (χ1v) is 8.98. The molecular formula is C20H20ClN3O4. The quantitative estimate of drug-likeness (QED) is 0.598. The number of aromatic nitrogens is 2. The predicted octanol–water partition coefficient (Wildman–Crippen LogP) is 3.82. The van der Waals surface area contributed by atoms with E-state index < -0.39 is 6.10 Å². The molecule has 0 saturated carbocycles. The van der Waals surface area contributed by atoms with Crippen molar-refractivity contribution in [1.82, 2.24) is 15.0 Å². The summed E-state index contributed by atoms with van der Waals surface area (Å²) in [4.78, 5) is 18.4. The largest absolute Gasteiger partial charge is 0.497 e. The fourth-order valence-electron chi connectivity index (χ4n) is 2.56. The molecule has 1 heterocycles. The smallest absolute Gasteiger partial charge is 0.263 e. The van der Waals surface area contributed by atoms with Gasteiger partial charge in [-0.25, -0.2) is 0 Å². The van der Waals surface area contributed by atoms with Gasteiger partial charge in [-0.2, -0.15) is 4.98 Å². The van der Waals surface area contributed by atoms with Crippen LogP contribution in [0.15, 0.2) is 53.1 Å². The second-order valence-electron chi connectivity index (χ2n) is 6.15. The molecule has 0 aliphatic carbocycles. The molecule has 0 aliphatic rings. The summed E-state index contributed by atoms with van der Waals surface area (Å²) in [5.74, 6) is 1.81. The van der Waals surface area contributed by atoms with Crippen LogP contribution < -0.4 is 9.47 Å². The summed E-state index contributed by atoms with van der Waals surface area (Å²) in [6.07, 6.45) is -0.674. The standard InChI is InChI=1S/C20H20ClN3O4/c1-13(27-16-9-7-15(21)8-10-16)20(25)24(2)12-18-22-19(23-28-18)14-5-4-6-17(11-14)26-3/h4-11,13H,12H2,1-3H3/t13-/m0/s1. The van der Waals surface area contributed by atoms with E-state index >= 15 is 0 Å². The van der Waals surface area contributed by atoms with Gasteiger partial charge in [0.15, 0.2) is 6.10 Å². The van der Waals surface area contributed by atoms with Crippen molar-refractivity contribution in [3.05, 3.63) is 59.4 Å². The molecule has 1 aromatic heterocycles. The highest BCUT2D eigenvalue weighted by molar-refractivity contribution is 6.30. The Kier molecular flexibility index (Phi) is 6.16. The highest BCUT2D eigenvalue weighted by atomic mass is 35.5. The number of ether oxygens (including phenoxy) is 2. The van der Waals surface area contributed by atoms with E-state index in [4.69, 9.17) is 25.6 Å². The Morgan fingerprint density at radius 1 is 1.21 bits per heavy atom. The monoisotopic (exact) mass is 401 g/mol. The molecule has 0 unspecified atom stereocenters. The van der Waals surface area contributed by atoms with Crippen LogP contribution in [0.2, 0.25) is 5.02 Å². The zero-order valence-corrected chi connectivity index (χ0v) is 16.5. The van der Waals surface area contributed by atoms with Crippen LogP contribution in [0.5, 0.6) is 11.5 Å². The first-order chi connectivity index (χ1) is 13.5. The number of likely N-dealkylation sites (N-methyl/N-ethyl adjacent to an activating group) is 1. The van der Waals surface area contributed by atoms with Gasteiger partial charge in [0.25, 0.3) is 5.91 Å². The third-order valence-corrected chi connectivity index (χ3v) is 4.27. The van der Waals surface area contributed by atoms with E-state index in [1.165, 1.54) is 4.90 Å². The first-order valence-electron chi connectivity index (χ1n) is 8.60. The average molecular weight is 402 g/mol. The summed E-state index contributed by atoms with van der Waals surface area (Å²) in [7, 11) is 3.24. The van der Waals surface area contributed by atoms with Crippen LogP contribution in [0.3, 0.4) is 0 Å². The minimum absolute atomic E-state index is 0.171. The molecular weight excluding hydrogens is 382 g/mol. The van der Waals surface area contributed by atoms with Crippen LogP contribution in [-0.2, 0) is 11.3 Å². The Morgan fingerprint density at radius 2 is 1.96 bits per heavy atom. The molecule has 0 N–H and O–H groups in total. The van der Waals surface area contributed by atoms with Crippen LogP contribution in [0.4, 0.5) is 0 Å². The highest BCUT2D eigenvalue weighted by Gasteiger charge is 2.21. The van der Waals surface area contributed by atoms with Crippen LogP contribution in [0.25, 0.3) is 11.4 Å². The van der Waals surface area contributed by atoms with E-state index in [-0.39, 0.29) is 12.5 Å². The van der Waals surface area contributed by atoms with Crippen LogP contribution >= 0.6 is 11.6 Å². The number of carbonyl (C=O) groups excluding carboxylic acids is 1. The number of amides is 1. The van der Waals surface area contributed by atoms with Gasteiger partial charge in [0.2, 0.25) is 11.7 Å². The summed E-state index contributed by atoms with van der Waals surface area (Å²) in [6, 6.07) is 14.2. The molecule has 7 nitrogen and oxygen atoms in total. The summed E-state index contributed by atoms with van der Waals surface area (Å²) in [5.41, 5.74) is 0.766. The Balaban J connectivity index is 1.62. The maximum atomic E-state index is 12.5. The minimum Gasteiger partial charge on any atom is -0.497 e. The second-order valence-corrected chi connectivity index (χ2v) is 6.59. The SMILES string of the molecule is COc1cccc(-c2noc(CN(C)C(=O)[C@H](C)Oc3ccc(Cl)cc3)n2)c1. The van der Waals surface area contributed by atoms with E-state index in [9.17, 15) is 4.79 Å². The number of rotatable bonds is 7. The number of carbonyl (C=O) groups is 1. The van der Waals surface area contributed by atoms with Crippen molar-refractivity contribution >= 4 is 17.5 Å². The van der Waals surface area contributed by atoms with Crippen molar-refractivity contribution in [3.63, 3.8) is 0 Å². The fraction of sp³-hybridized carbons (Fsp3) is 0.250. The van der Waals surface area contributed by atoms with Gasteiger partial charge in [0.1, 0.15) is 11.5 Å². The molecule has 3 rings (SSSR count). The van der Waals surface area contributed by atoms with Crippen LogP contribution in [0.1, 0.15) is 12.8 Å². The van der Waals surface area contributed by atoms with Gasteiger partial charge >= 0.3 is 0 Å². The maximum Gasteiger partial charge on any atom is 0.263 e.